The monoisotopic (exact) mass is 398 g/mol. The van der Waals surface area contributed by atoms with E-state index in [1.165, 1.54) is 4.90 Å². The van der Waals surface area contributed by atoms with Crippen molar-refractivity contribution in [2.75, 3.05) is 18.5 Å². The van der Waals surface area contributed by atoms with Crippen LogP contribution in [-0.4, -0.2) is 41.7 Å². The first-order chi connectivity index (χ1) is 13.8. The highest BCUT2D eigenvalue weighted by Gasteiger charge is 2.60. The number of carbonyl (C=O) groups excluding carboxylic acids is 4. The van der Waals surface area contributed by atoms with Crippen LogP contribution in [0.25, 0.3) is 0 Å². The van der Waals surface area contributed by atoms with Gasteiger partial charge in [-0.3, -0.25) is 24.1 Å². The van der Waals surface area contributed by atoms with Crippen LogP contribution >= 0.6 is 0 Å². The van der Waals surface area contributed by atoms with Gasteiger partial charge in [0.1, 0.15) is 0 Å². The molecule has 1 aromatic carbocycles. The van der Waals surface area contributed by atoms with Gasteiger partial charge in [-0.2, -0.15) is 0 Å². The van der Waals surface area contributed by atoms with Gasteiger partial charge in [0.05, 0.1) is 18.3 Å². The Kier molecular flexibility index (Phi) is 5.15. The van der Waals surface area contributed by atoms with Gasteiger partial charge in [0, 0.05) is 12.2 Å². The number of ether oxygens (including phenoxy) is 1. The van der Waals surface area contributed by atoms with Crippen molar-refractivity contribution in [3.8, 4) is 0 Å². The highest BCUT2D eigenvalue weighted by Crippen LogP contribution is 2.56. The fraction of sp³-hybridized carbons (Fsp3) is 0.545. The zero-order valence-corrected chi connectivity index (χ0v) is 16.8. The molecule has 2 saturated carbocycles. The van der Waals surface area contributed by atoms with Crippen LogP contribution in [-0.2, 0) is 23.9 Å². The van der Waals surface area contributed by atoms with Crippen molar-refractivity contribution in [2.24, 2.45) is 23.7 Å². The van der Waals surface area contributed by atoms with Gasteiger partial charge in [-0.25, -0.2) is 0 Å². The highest BCUT2D eigenvalue weighted by atomic mass is 16.5. The number of esters is 1. The molecule has 4 atom stereocenters. The molecule has 1 saturated heterocycles. The summed E-state index contributed by atoms with van der Waals surface area (Å²) in [5.41, 5.74) is 2.61. The fourth-order valence-electron chi connectivity index (χ4n) is 5.17. The molecule has 0 spiro atoms. The molecule has 7 heteroatoms. The minimum absolute atomic E-state index is 0.0293. The lowest BCUT2D eigenvalue weighted by molar-refractivity contribution is -0.149. The molecule has 0 radical (unpaired) electrons. The Labute approximate surface area is 169 Å². The van der Waals surface area contributed by atoms with Crippen molar-refractivity contribution in [1.82, 2.24) is 4.90 Å². The van der Waals surface area contributed by atoms with Gasteiger partial charge >= 0.3 is 5.97 Å². The number of anilines is 1. The van der Waals surface area contributed by atoms with Crippen molar-refractivity contribution in [1.29, 1.82) is 0 Å². The molecule has 1 aliphatic heterocycles. The standard InChI is InChI=1S/C22H26N2O5/c1-12-3-4-13(2)16(9-12)23-17(25)11-29-18(26)7-8-24-21(27)19-14-5-6-15(10-14)20(19)22(24)28/h3-4,9,14-15,19-20H,5-8,10-11H2,1-2H3,(H,23,25)/t14-,15-,19-,20+/m0/s1. The van der Waals surface area contributed by atoms with Crippen molar-refractivity contribution >= 4 is 29.4 Å². The molecular formula is C22H26N2O5. The normalized spacial score (nSPS) is 27.3. The number of imide groups is 1. The molecule has 29 heavy (non-hydrogen) atoms. The number of fused-ring (bicyclic) bond motifs is 5. The number of hydrogen-bond acceptors (Lipinski definition) is 5. The lowest BCUT2D eigenvalue weighted by Gasteiger charge is -2.19. The van der Waals surface area contributed by atoms with E-state index in [-0.39, 0.29) is 36.6 Å². The predicted octanol–water partition coefficient (Wildman–Crippen LogP) is 2.21. The summed E-state index contributed by atoms with van der Waals surface area (Å²) in [6, 6.07) is 5.71. The summed E-state index contributed by atoms with van der Waals surface area (Å²) in [6.45, 7) is 3.44. The maximum absolute atomic E-state index is 12.6. The Morgan fingerprint density at radius 2 is 1.76 bits per heavy atom. The first kappa shape index (κ1) is 19.6. The van der Waals surface area contributed by atoms with E-state index in [9.17, 15) is 19.2 Å². The second kappa shape index (κ2) is 7.61. The summed E-state index contributed by atoms with van der Waals surface area (Å²) in [6.07, 6.45) is 2.94. The number of carbonyl (C=O) groups is 4. The molecule has 4 rings (SSSR count). The third-order valence-electron chi connectivity index (χ3n) is 6.59. The molecule has 3 aliphatic rings. The van der Waals surface area contributed by atoms with Crippen LogP contribution in [0.3, 0.4) is 0 Å². The zero-order valence-electron chi connectivity index (χ0n) is 16.8. The van der Waals surface area contributed by atoms with E-state index in [1.54, 1.807) is 0 Å². The number of aryl methyl sites for hydroxylation is 2. The number of amides is 3. The lowest BCUT2D eigenvalue weighted by atomic mass is 9.81. The van der Waals surface area contributed by atoms with E-state index in [1.807, 2.05) is 32.0 Å². The molecule has 1 heterocycles. The van der Waals surface area contributed by atoms with Gasteiger partial charge in [0.15, 0.2) is 6.61 Å². The van der Waals surface area contributed by atoms with E-state index >= 15 is 0 Å². The van der Waals surface area contributed by atoms with Gasteiger partial charge in [0.2, 0.25) is 11.8 Å². The van der Waals surface area contributed by atoms with Crippen molar-refractivity contribution in [3.63, 3.8) is 0 Å². The van der Waals surface area contributed by atoms with Crippen LogP contribution in [0.4, 0.5) is 5.69 Å². The number of nitrogens with zero attached hydrogens (tertiary/aromatic N) is 1. The van der Waals surface area contributed by atoms with Gasteiger partial charge in [-0.05, 0) is 62.1 Å². The van der Waals surface area contributed by atoms with E-state index in [0.29, 0.717) is 17.5 Å². The number of benzene rings is 1. The van der Waals surface area contributed by atoms with E-state index < -0.39 is 18.5 Å². The minimum atomic E-state index is -0.596. The van der Waals surface area contributed by atoms with Crippen LogP contribution < -0.4 is 5.32 Å². The average Bonchev–Trinajstić information content (AvgIpc) is 3.36. The quantitative estimate of drug-likeness (QED) is 0.586. The van der Waals surface area contributed by atoms with Crippen molar-refractivity contribution in [2.45, 2.75) is 39.5 Å². The fourth-order valence-corrected chi connectivity index (χ4v) is 5.17. The van der Waals surface area contributed by atoms with E-state index in [2.05, 4.69) is 5.32 Å². The van der Waals surface area contributed by atoms with Crippen LogP contribution in [0.1, 0.15) is 36.8 Å². The van der Waals surface area contributed by atoms with Crippen LogP contribution in [0.15, 0.2) is 18.2 Å². The Balaban J connectivity index is 1.24. The first-order valence-corrected chi connectivity index (χ1v) is 10.2. The maximum atomic E-state index is 12.6. The van der Waals surface area contributed by atoms with Gasteiger partial charge in [0.25, 0.3) is 5.91 Å². The highest BCUT2D eigenvalue weighted by molar-refractivity contribution is 6.06. The van der Waals surface area contributed by atoms with Crippen molar-refractivity contribution < 1.29 is 23.9 Å². The Hall–Kier alpha value is -2.70. The summed E-state index contributed by atoms with van der Waals surface area (Å²) < 4.78 is 5.02. The zero-order chi connectivity index (χ0) is 20.7. The van der Waals surface area contributed by atoms with Gasteiger partial charge < -0.3 is 10.1 Å². The lowest BCUT2D eigenvalue weighted by Crippen LogP contribution is -2.35. The maximum Gasteiger partial charge on any atom is 0.308 e. The molecular weight excluding hydrogens is 372 g/mol. The Bertz CT molecular complexity index is 852. The Morgan fingerprint density at radius 1 is 1.10 bits per heavy atom. The summed E-state index contributed by atoms with van der Waals surface area (Å²) >= 11 is 0. The molecule has 0 aromatic heterocycles. The second-order valence-electron chi connectivity index (χ2n) is 8.49. The molecule has 2 aliphatic carbocycles. The van der Waals surface area contributed by atoms with Gasteiger partial charge in [-0.15, -0.1) is 0 Å². The summed E-state index contributed by atoms with van der Waals surface area (Å²) in [5.74, 6) is -0.992. The third-order valence-corrected chi connectivity index (χ3v) is 6.59. The second-order valence-corrected chi connectivity index (χ2v) is 8.49. The molecule has 3 fully saturated rings. The van der Waals surface area contributed by atoms with Crippen LogP contribution in [0, 0.1) is 37.5 Å². The largest absolute Gasteiger partial charge is 0.456 e. The average molecular weight is 398 g/mol. The predicted molar refractivity (Wildman–Crippen MR) is 105 cm³/mol. The third kappa shape index (κ3) is 3.66. The number of likely N-dealkylation sites (tertiary alicyclic amines) is 1. The molecule has 1 N–H and O–H groups in total. The summed E-state index contributed by atoms with van der Waals surface area (Å²) in [4.78, 5) is 50.5. The molecule has 2 bridgehead atoms. The number of hydrogen-bond donors (Lipinski definition) is 1. The SMILES string of the molecule is Cc1ccc(C)c(NC(=O)COC(=O)CCN2C(=O)[C@@H]3[C@H]4CC[C@@H](C4)[C@@H]3C2=O)c1. The first-order valence-electron chi connectivity index (χ1n) is 10.2. The van der Waals surface area contributed by atoms with E-state index in [4.69, 9.17) is 4.74 Å². The summed E-state index contributed by atoms with van der Waals surface area (Å²) in [5, 5.41) is 2.73. The van der Waals surface area contributed by atoms with Gasteiger partial charge in [-0.1, -0.05) is 12.1 Å². The molecule has 7 nitrogen and oxygen atoms in total. The molecule has 0 unspecified atom stereocenters. The molecule has 3 amide bonds. The molecule has 154 valence electrons. The summed E-state index contributed by atoms with van der Waals surface area (Å²) in [7, 11) is 0. The minimum Gasteiger partial charge on any atom is -0.456 e. The van der Waals surface area contributed by atoms with E-state index in [0.717, 1.165) is 30.4 Å². The smallest absolute Gasteiger partial charge is 0.308 e. The number of rotatable bonds is 6. The Morgan fingerprint density at radius 3 is 2.41 bits per heavy atom. The topological polar surface area (TPSA) is 92.8 Å². The van der Waals surface area contributed by atoms with Crippen molar-refractivity contribution in [3.05, 3.63) is 29.3 Å². The molecule has 1 aromatic rings. The number of nitrogens with one attached hydrogen (secondary N) is 1. The van der Waals surface area contributed by atoms with Crippen LogP contribution in [0.5, 0.6) is 0 Å². The van der Waals surface area contributed by atoms with Crippen LogP contribution in [0.2, 0.25) is 0 Å².